The molecule has 0 radical (unpaired) electrons. The van der Waals surface area contributed by atoms with Gasteiger partial charge in [0.05, 0.1) is 19.3 Å². The number of nitrogens with one attached hydrogen (secondary N) is 1. The summed E-state index contributed by atoms with van der Waals surface area (Å²) in [7, 11) is 3.29. The van der Waals surface area contributed by atoms with Crippen LogP contribution in [0.2, 0.25) is 0 Å². The van der Waals surface area contributed by atoms with Gasteiger partial charge in [-0.05, 0) is 36.2 Å². The van der Waals surface area contributed by atoms with Gasteiger partial charge < -0.3 is 19.7 Å². The molecule has 6 nitrogen and oxygen atoms in total. The summed E-state index contributed by atoms with van der Waals surface area (Å²) in [6.45, 7) is 2.88. The molecule has 0 spiro atoms. The van der Waals surface area contributed by atoms with Crippen LogP contribution in [0.1, 0.15) is 28.3 Å². The number of carbonyl (C=O) groups is 1. The summed E-state index contributed by atoms with van der Waals surface area (Å²) in [4.78, 5) is 18.8. The molecule has 1 amide bonds. The minimum atomic E-state index is -0.126. The molecule has 1 unspecified atom stereocenters. The van der Waals surface area contributed by atoms with Gasteiger partial charge in [-0.25, -0.2) is 4.98 Å². The van der Waals surface area contributed by atoms with E-state index in [1.165, 1.54) is 5.56 Å². The van der Waals surface area contributed by atoms with Crippen molar-refractivity contribution in [2.75, 3.05) is 45.4 Å². The van der Waals surface area contributed by atoms with Crippen LogP contribution in [0.4, 0.5) is 5.82 Å². The topological polar surface area (TPSA) is 63.7 Å². The second-order valence-corrected chi connectivity index (χ2v) is 6.36. The minimum absolute atomic E-state index is 0.126. The van der Waals surface area contributed by atoms with Gasteiger partial charge in [0.25, 0.3) is 5.91 Å². The average Bonchev–Trinajstić information content (AvgIpc) is 3.18. The molecule has 1 atom stereocenters. The zero-order chi connectivity index (χ0) is 18.4. The third-order valence-electron chi connectivity index (χ3n) is 4.70. The summed E-state index contributed by atoms with van der Waals surface area (Å²) in [5.74, 6) is 2.15. The zero-order valence-corrected chi connectivity index (χ0v) is 15.3. The maximum Gasteiger partial charge on any atom is 0.252 e. The number of aromatic nitrogens is 1. The predicted molar refractivity (Wildman–Crippen MR) is 101 cm³/mol. The van der Waals surface area contributed by atoms with Crippen LogP contribution in [0.25, 0.3) is 0 Å². The van der Waals surface area contributed by atoms with Gasteiger partial charge in [0.1, 0.15) is 11.6 Å². The molecule has 1 aromatic heterocycles. The van der Waals surface area contributed by atoms with E-state index in [9.17, 15) is 4.79 Å². The lowest BCUT2D eigenvalue weighted by Gasteiger charge is -2.18. The van der Waals surface area contributed by atoms with Crippen LogP contribution < -0.4 is 15.0 Å². The van der Waals surface area contributed by atoms with Crippen molar-refractivity contribution in [3.8, 4) is 5.75 Å². The van der Waals surface area contributed by atoms with Gasteiger partial charge in [-0.15, -0.1) is 0 Å². The van der Waals surface area contributed by atoms with Gasteiger partial charge in [0.15, 0.2) is 0 Å². The van der Waals surface area contributed by atoms with E-state index in [1.54, 1.807) is 20.4 Å². The standard InChI is InChI=1S/C20H25N3O3/c1-25-12-10-21-20(24)16-5-8-19(22-13-16)23-11-9-17(14-23)15-3-6-18(26-2)7-4-15/h3-8,13,17H,9-12,14H2,1-2H3,(H,21,24). The highest BCUT2D eigenvalue weighted by atomic mass is 16.5. The molecular weight excluding hydrogens is 330 g/mol. The van der Waals surface area contributed by atoms with Crippen LogP contribution in [0, 0.1) is 0 Å². The first kappa shape index (κ1) is 18.2. The number of carbonyl (C=O) groups excluding carboxylic acids is 1. The normalized spacial score (nSPS) is 16.5. The van der Waals surface area contributed by atoms with E-state index in [1.807, 2.05) is 24.3 Å². The number of hydrogen-bond acceptors (Lipinski definition) is 5. The monoisotopic (exact) mass is 355 g/mol. The van der Waals surface area contributed by atoms with E-state index < -0.39 is 0 Å². The van der Waals surface area contributed by atoms with Crippen molar-refractivity contribution in [2.24, 2.45) is 0 Å². The number of pyridine rings is 1. The number of benzene rings is 1. The molecule has 3 rings (SSSR count). The Morgan fingerprint density at radius 2 is 2.04 bits per heavy atom. The van der Waals surface area contributed by atoms with E-state index >= 15 is 0 Å². The number of amides is 1. The van der Waals surface area contributed by atoms with Gasteiger partial charge in [-0.3, -0.25) is 4.79 Å². The van der Waals surface area contributed by atoms with Crippen LogP contribution in [-0.4, -0.2) is 51.4 Å². The van der Waals surface area contributed by atoms with Gasteiger partial charge in [-0.2, -0.15) is 0 Å². The number of nitrogens with zero attached hydrogens (tertiary/aromatic N) is 2. The Kier molecular flexibility index (Phi) is 6.07. The fraction of sp³-hybridized carbons (Fsp3) is 0.400. The van der Waals surface area contributed by atoms with Crippen LogP contribution >= 0.6 is 0 Å². The van der Waals surface area contributed by atoms with Crippen molar-refractivity contribution in [1.29, 1.82) is 0 Å². The number of methoxy groups -OCH3 is 2. The number of ether oxygens (including phenoxy) is 2. The second-order valence-electron chi connectivity index (χ2n) is 6.36. The number of rotatable bonds is 7. The van der Waals surface area contributed by atoms with E-state index in [0.717, 1.165) is 31.1 Å². The lowest BCUT2D eigenvalue weighted by Crippen LogP contribution is -2.27. The third kappa shape index (κ3) is 4.32. The van der Waals surface area contributed by atoms with Crippen LogP contribution in [0.5, 0.6) is 5.75 Å². The van der Waals surface area contributed by atoms with Crippen molar-refractivity contribution >= 4 is 11.7 Å². The molecule has 1 saturated heterocycles. The Morgan fingerprint density at radius 1 is 1.23 bits per heavy atom. The van der Waals surface area contributed by atoms with Crippen molar-refractivity contribution in [3.05, 3.63) is 53.7 Å². The van der Waals surface area contributed by atoms with E-state index in [0.29, 0.717) is 24.6 Å². The Labute approximate surface area is 154 Å². The molecule has 26 heavy (non-hydrogen) atoms. The summed E-state index contributed by atoms with van der Waals surface area (Å²) in [5, 5.41) is 2.80. The first-order chi connectivity index (χ1) is 12.7. The lowest BCUT2D eigenvalue weighted by atomic mass is 9.98. The van der Waals surface area contributed by atoms with Gasteiger partial charge in [0.2, 0.25) is 0 Å². The molecule has 1 N–H and O–H groups in total. The van der Waals surface area contributed by atoms with Crippen molar-refractivity contribution < 1.29 is 14.3 Å². The van der Waals surface area contributed by atoms with Gasteiger partial charge >= 0.3 is 0 Å². The van der Waals surface area contributed by atoms with Crippen LogP contribution in [0.3, 0.4) is 0 Å². The van der Waals surface area contributed by atoms with Crippen LogP contribution in [0.15, 0.2) is 42.6 Å². The van der Waals surface area contributed by atoms with Crippen molar-refractivity contribution in [3.63, 3.8) is 0 Å². The highest BCUT2D eigenvalue weighted by Crippen LogP contribution is 2.30. The predicted octanol–water partition coefficient (Wildman–Crippen LogP) is 2.46. The molecule has 2 heterocycles. The van der Waals surface area contributed by atoms with Crippen molar-refractivity contribution in [1.82, 2.24) is 10.3 Å². The maximum absolute atomic E-state index is 12.0. The summed E-state index contributed by atoms with van der Waals surface area (Å²) in [6, 6.07) is 12.0. The largest absolute Gasteiger partial charge is 0.497 e. The molecule has 1 fully saturated rings. The zero-order valence-electron chi connectivity index (χ0n) is 15.3. The van der Waals surface area contributed by atoms with Crippen LogP contribution in [-0.2, 0) is 4.74 Å². The fourth-order valence-corrected chi connectivity index (χ4v) is 3.19. The van der Waals surface area contributed by atoms with Gasteiger partial charge in [0, 0.05) is 38.9 Å². The third-order valence-corrected chi connectivity index (χ3v) is 4.70. The van der Waals surface area contributed by atoms with E-state index in [4.69, 9.17) is 9.47 Å². The average molecular weight is 355 g/mol. The molecule has 2 aromatic rings. The second kappa shape index (κ2) is 8.67. The summed E-state index contributed by atoms with van der Waals surface area (Å²) in [5.41, 5.74) is 1.89. The number of anilines is 1. The molecule has 0 bridgehead atoms. The molecular formula is C20H25N3O3. The molecule has 1 aliphatic rings. The molecule has 138 valence electrons. The first-order valence-corrected chi connectivity index (χ1v) is 8.83. The maximum atomic E-state index is 12.0. The molecule has 1 aliphatic heterocycles. The lowest BCUT2D eigenvalue weighted by molar-refractivity contribution is 0.0937. The SMILES string of the molecule is COCCNC(=O)c1ccc(N2CCC(c3ccc(OC)cc3)C2)nc1. The molecule has 0 aliphatic carbocycles. The van der Waals surface area contributed by atoms with Crippen molar-refractivity contribution in [2.45, 2.75) is 12.3 Å². The number of hydrogen-bond donors (Lipinski definition) is 1. The highest BCUT2D eigenvalue weighted by molar-refractivity contribution is 5.94. The molecule has 1 aromatic carbocycles. The quantitative estimate of drug-likeness (QED) is 0.773. The summed E-state index contributed by atoms with van der Waals surface area (Å²) in [6.07, 6.45) is 2.73. The molecule has 0 saturated carbocycles. The molecule has 6 heteroatoms. The van der Waals surface area contributed by atoms with E-state index in [-0.39, 0.29) is 5.91 Å². The van der Waals surface area contributed by atoms with E-state index in [2.05, 4.69) is 27.3 Å². The van der Waals surface area contributed by atoms with Gasteiger partial charge in [-0.1, -0.05) is 12.1 Å². The summed E-state index contributed by atoms with van der Waals surface area (Å²) < 4.78 is 10.2. The Morgan fingerprint density at radius 3 is 2.69 bits per heavy atom. The Hall–Kier alpha value is -2.60. The Balaban J connectivity index is 1.59. The highest BCUT2D eigenvalue weighted by Gasteiger charge is 2.25. The minimum Gasteiger partial charge on any atom is -0.497 e. The fourth-order valence-electron chi connectivity index (χ4n) is 3.19. The first-order valence-electron chi connectivity index (χ1n) is 8.83. The smallest absolute Gasteiger partial charge is 0.252 e. The Bertz CT molecular complexity index is 716. The summed E-state index contributed by atoms with van der Waals surface area (Å²) >= 11 is 0.